The molecule has 0 aromatic carbocycles. The van der Waals surface area contributed by atoms with Crippen LogP contribution in [0.4, 0.5) is 0 Å². The summed E-state index contributed by atoms with van der Waals surface area (Å²) in [6, 6.07) is 5.09. The quantitative estimate of drug-likeness (QED) is 0.884. The van der Waals surface area contributed by atoms with Gasteiger partial charge in [0.05, 0.1) is 6.42 Å². The molecule has 1 aromatic heterocycles. The molecule has 0 bridgehead atoms. The number of aromatic nitrogens is 1. The third-order valence-corrected chi connectivity index (χ3v) is 2.49. The first kappa shape index (κ1) is 14.2. The maximum atomic E-state index is 12.3. The summed E-state index contributed by atoms with van der Waals surface area (Å²) in [6.45, 7) is 5.79. The Bertz CT molecular complexity index is 424. The second-order valence-electron chi connectivity index (χ2n) is 4.99. The van der Waals surface area contributed by atoms with Gasteiger partial charge in [-0.05, 0) is 32.9 Å². The first-order chi connectivity index (χ1) is 8.32. The molecular formula is C13H18N2O3. The Kier molecular flexibility index (Phi) is 4.42. The number of carboxylic acids is 1. The zero-order valence-electron chi connectivity index (χ0n) is 10.9. The van der Waals surface area contributed by atoms with Crippen LogP contribution in [0.5, 0.6) is 0 Å². The molecule has 5 nitrogen and oxygen atoms in total. The first-order valence-corrected chi connectivity index (χ1v) is 5.77. The number of carboxylic acid groups (broad SMARTS) is 1. The molecule has 0 aliphatic rings. The van der Waals surface area contributed by atoms with E-state index in [9.17, 15) is 9.59 Å². The van der Waals surface area contributed by atoms with Crippen LogP contribution in [0, 0.1) is 0 Å². The van der Waals surface area contributed by atoms with E-state index in [2.05, 4.69) is 4.98 Å². The lowest BCUT2D eigenvalue weighted by atomic mass is 10.0. The molecule has 0 saturated carbocycles. The summed E-state index contributed by atoms with van der Waals surface area (Å²) in [5, 5.41) is 8.73. The number of aliphatic carboxylic acids is 1. The predicted molar refractivity (Wildman–Crippen MR) is 67.3 cm³/mol. The van der Waals surface area contributed by atoms with Crippen molar-refractivity contribution < 1.29 is 14.7 Å². The second kappa shape index (κ2) is 5.62. The Morgan fingerprint density at radius 1 is 1.33 bits per heavy atom. The van der Waals surface area contributed by atoms with Crippen molar-refractivity contribution in [3.63, 3.8) is 0 Å². The van der Waals surface area contributed by atoms with Crippen LogP contribution in [0.15, 0.2) is 24.4 Å². The zero-order valence-corrected chi connectivity index (χ0v) is 10.9. The smallest absolute Gasteiger partial charge is 0.305 e. The van der Waals surface area contributed by atoms with Crippen LogP contribution in [-0.2, 0) is 4.79 Å². The van der Waals surface area contributed by atoms with Gasteiger partial charge in [0, 0.05) is 18.3 Å². The molecule has 0 atom stereocenters. The summed E-state index contributed by atoms with van der Waals surface area (Å²) < 4.78 is 0. The van der Waals surface area contributed by atoms with Crippen molar-refractivity contribution in [3.05, 3.63) is 30.1 Å². The molecule has 1 rings (SSSR count). The molecule has 18 heavy (non-hydrogen) atoms. The van der Waals surface area contributed by atoms with Crippen LogP contribution in [0.25, 0.3) is 0 Å². The number of rotatable bonds is 4. The van der Waals surface area contributed by atoms with Crippen molar-refractivity contribution in [2.75, 3.05) is 6.54 Å². The van der Waals surface area contributed by atoms with Crippen molar-refractivity contribution in [2.45, 2.75) is 32.7 Å². The average molecular weight is 250 g/mol. The minimum Gasteiger partial charge on any atom is -0.481 e. The van der Waals surface area contributed by atoms with E-state index in [1.54, 1.807) is 24.4 Å². The van der Waals surface area contributed by atoms with Gasteiger partial charge in [0.2, 0.25) is 0 Å². The lowest BCUT2D eigenvalue weighted by Gasteiger charge is -2.35. The number of nitrogens with zero attached hydrogens (tertiary/aromatic N) is 2. The Hall–Kier alpha value is -1.91. The van der Waals surface area contributed by atoms with Crippen molar-refractivity contribution in [1.29, 1.82) is 0 Å². The van der Waals surface area contributed by atoms with E-state index < -0.39 is 11.5 Å². The summed E-state index contributed by atoms with van der Waals surface area (Å²) >= 11 is 0. The number of hydrogen-bond donors (Lipinski definition) is 1. The van der Waals surface area contributed by atoms with Gasteiger partial charge in [0.15, 0.2) is 0 Å². The van der Waals surface area contributed by atoms with E-state index in [4.69, 9.17) is 5.11 Å². The maximum Gasteiger partial charge on any atom is 0.305 e. The minimum atomic E-state index is -0.918. The first-order valence-electron chi connectivity index (χ1n) is 5.77. The molecule has 0 unspecified atom stereocenters. The minimum absolute atomic E-state index is 0.0736. The van der Waals surface area contributed by atoms with Crippen LogP contribution >= 0.6 is 0 Å². The lowest BCUT2D eigenvalue weighted by Crippen LogP contribution is -2.46. The molecule has 1 aromatic rings. The molecule has 0 radical (unpaired) electrons. The molecule has 1 heterocycles. The summed E-state index contributed by atoms with van der Waals surface area (Å²) in [6.07, 6.45) is 1.47. The van der Waals surface area contributed by atoms with Crippen LogP contribution in [0.1, 0.15) is 37.7 Å². The monoisotopic (exact) mass is 250 g/mol. The van der Waals surface area contributed by atoms with Crippen LogP contribution in [-0.4, -0.2) is 39.0 Å². The van der Waals surface area contributed by atoms with Gasteiger partial charge in [-0.2, -0.15) is 0 Å². The van der Waals surface area contributed by atoms with Crippen LogP contribution < -0.4 is 0 Å². The summed E-state index contributed by atoms with van der Waals surface area (Å²) in [7, 11) is 0. The molecule has 5 heteroatoms. The Labute approximate surface area is 106 Å². The fraction of sp³-hybridized carbons (Fsp3) is 0.462. The van der Waals surface area contributed by atoms with E-state index in [1.165, 1.54) is 4.90 Å². The molecule has 0 aliphatic carbocycles. The highest BCUT2D eigenvalue weighted by Crippen LogP contribution is 2.16. The molecule has 0 spiro atoms. The van der Waals surface area contributed by atoms with Crippen molar-refractivity contribution in [2.24, 2.45) is 0 Å². The Balaban J connectivity index is 2.90. The normalized spacial score (nSPS) is 11.1. The molecule has 1 N–H and O–H groups in total. The number of amides is 1. The third-order valence-electron chi connectivity index (χ3n) is 2.49. The third kappa shape index (κ3) is 3.84. The highest BCUT2D eigenvalue weighted by molar-refractivity contribution is 5.92. The predicted octanol–water partition coefficient (Wildman–Crippen LogP) is 1.80. The van der Waals surface area contributed by atoms with E-state index in [0.29, 0.717) is 5.69 Å². The van der Waals surface area contributed by atoms with Gasteiger partial charge in [0.25, 0.3) is 5.91 Å². The van der Waals surface area contributed by atoms with E-state index in [1.807, 2.05) is 20.8 Å². The van der Waals surface area contributed by atoms with E-state index in [-0.39, 0.29) is 18.9 Å². The van der Waals surface area contributed by atoms with Crippen LogP contribution in [0.2, 0.25) is 0 Å². The van der Waals surface area contributed by atoms with E-state index in [0.717, 1.165) is 0 Å². The fourth-order valence-electron chi connectivity index (χ4n) is 1.58. The maximum absolute atomic E-state index is 12.3. The second-order valence-corrected chi connectivity index (χ2v) is 4.99. The van der Waals surface area contributed by atoms with Crippen molar-refractivity contribution in [3.8, 4) is 0 Å². The molecule has 0 aliphatic heterocycles. The number of hydrogen-bond acceptors (Lipinski definition) is 3. The fourth-order valence-corrected chi connectivity index (χ4v) is 1.58. The Morgan fingerprint density at radius 2 is 2.00 bits per heavy atom. The number of pyridine rings is 1. The largest absolute Gasteiger partial charge is 0.481 e. The number of carbonyl (C=O) groups is 2. The van der Waals surface area contributed by atoms with Crippen molar-refractivity contribution >= 4 is 11.9 Å². The average Bonchev–Trinajstić information content (AvgIpc) is 2.28. The molecule has 1 amide bonds. The molecule has 0 fully saturated rings. The van der Waals surface area contributed by atoms with Gasteiger partial charge >= 0.3 is 5.97 Å². The van der Waals surface area contributed by atoms with Gasteiger partial charge in [0.1, 0.15) is 5.69 Å². The topological polar surface area (TPSA) is 70.5 Å². The van der Waals surface area contributed by atoms with Gasteiger partial charge in [-0.3, -0.25) is 14.6 Å². The number of carbonyl (C=O) groups excluding carboxylic acids is 1. The molecular weight excluding hydrogens is 232 g/mol. The van der Waals surface area contributed by atoms with Gasteiger partial charge in [-0.25, -0.2) is 0 Å². The molecule has 98 valence electrons. The lowest BCUT2D eigenvalue weighted by molar-refractivity contribution is -0.137. The highest BCUT2D eigenvalue weighted by atomic mass is 16.4. The molecule has 0 saturated heterocycles. The summed E-state index contributed by atoms with van der Waals surface area (Å²) in [5.74, 6) is -1.16. The Morgan fingerprint density at radius 3 is 2.44 bits per heavy atom. The SMILES string of the molecule is CC(C)(C)N(CCC(=O)O)C(=O)c1ccccn1. The van der Waals surface area contributed by atoms with E-state index >= 15 is 0 Å². The highest BCUT2D eigenvalue weighted by Gasteiger charge is 2.28. The standard InChI is InChI=1S/C13H18N2O3/c1-13(2,3)15(9-7-11(16)17)12(18)10-6-4-5-8-14-10/h4-6,8H,7,9H2,1-3H3,(H,16,17). The van der Waals surface area contributed by atoms with Gasteiger partial charge in [-0.15, -0.1) is 0 Å². The van der Waals surface area contributed by atoms with Gasteiger partial charge in [-0.1, -0.05) is 6.07 Å². The zero-order chi connectivity index (χ0) is 13.8. The summed E-state index contributed by atoms with van der Waals surface area (Å²) in [5.41, 5.74) is -0.109. The van der Waals surface area contributed by atoms with Gasteiger partial charge < -0.3 is 10.0 Å². The van der Waals surface area contributed by atoms with Crippen molar-refractivity contribution in [1.82, 2.24) is 9.88 Å². The summed E-state index contributed by atoms with van der Waals surface area (Å²) in [4.78, 5) is 28.4. The van der Waals surface area contributed by atoms with Crippen LogP contribution in [0.3, 0.4) is 0 Å².